The van der Waals surface area contributed by atoms with Crippen molar-refractivity contribution < 1.29 is 4.74 Å². The van der Waals surface area contributed by atoms with Crippen LogP contribution in [0.3, 0.4) is 0 Å². The first kappa shape index (κ1) is 18.4. The van der Waals surface area contributed by atoms with E-state index in [1.807, 2.05) is 25.1 Å². The predicted octanol–water partition coefficient (Wildman–Crippen LogP) is 3.85. The van der Waals surface area contributed by atoms with Gasteiger partial charge < -0.3 is 10.5 Å². The molecule has 0 fully saturated rings. The van der Waals surface area contributed by atoms with Crippen molar-refractivity contribution >= 4 is 39.9 Å². The van der Waals surface area contributed by atoms with Gasteiger partial charge in [-0.05, 0) is 30.3 Å². The maximum Gasteiger partial charge on any atom is 0.214 e. The Kier molecular flexibility index (Phi) is 4.74. The number of aromatic nitrogens is 6. The summed E-state index contributed by atoms with van der Waals surface area (Å²) in [6.07, 6.45) is 0.953. The van der Waals surface area contributed by atoms with Crippen molar-refractivity contribution in [2.24, 2.45) is 7.05 Å². The van der Waals surface area contributed by atoms with Crippen LogP contribution in [0.5, 0.6) is 5.75 Å². The van der Waals surface area contributed by atoms with E-state index >= 15 is 0 Å². The second kappa shape index (κ2) is 7.21. The first-order chi connectivity index (χ1) is 13.5. The molecule has 142 valence electrons. The van der Waals surface area contributed by atoms with Crippen molar-refractivity contribution in [3.8, 4) is 16.9 Å². The zero-order valence-electron chi connectivity index (χ0n) is 15.0. The number of fused-ring (bicyclic) bond motifs is 1. The van der Waals surface area contributed by atoms with E-state index in [0.29, 0.717) is 38.3 Å². The van der Waals surface area contributed by atoms with Crippen LogP contribution in [0.25, 0.3) is 22.0 Å². The Bertz CT molecular complexity index is 1180. The number of ether oxygens (including phenoxy) is 1. The molecule has 0 spiro atoms. The standard InChI is InChI=1S/C18H15Cl2N7O/c1-9(18-24-26-27(2)25-18)28-13-7-6-11(10-4-3-5-12(19)15(10)20)16-14(13)17(21)23-8-22-16/h3-9H,1-2H3,(H2,21,22,23)/t9-/m1/s1. The molecule has 28 heavy (non-hydrogen) atoms. The van der Waals surface area contributed by atoms with E-state index < -0.39 is 6.10 Å². The van der Waals surface area contributed by atoms with Gasteiger partial charge in [0, 0.05) is 11.1 Å². The summed E-state index contributed by atoms with van der Waals surface area (Å²) in [5.41, 5.74) is 8.27. The van der Waals surface area contributed by atoms with E-state index in [1.165, 1.54) is 11.1 Å². The van der Waals surface area contributed by atoms with Gasteiger partial charge in [0.05, 0.1) is 28.0 Å². The second-order valence-corrected chi connectivity index (χ2v) is 6.88. The average molecular weight is 416 g/mol. The Hall–Kier alpha value is -2.97. The van der Waals surface area contributed by atoms with E-state index in [2.05, 4.69) is 25.4 Å². The lowest BCUT2D eigenvalue weighted by Gasteiger charge is -2.16. The number of aryl methyl sites for hydroxylation is 1. The normalized spacial score (nSPS) is 12.3. The lowest BCUT2D eigenvalue weighted by atomic mass is 10.0. The van der Waals surface area contributed by atoms with Crippen LogP contribution < -0.4 is 10.5 Å². The van der Waals surface area contributed by atoms with Crippen molar-refractivity contribution in [1.82, 2.24) is 30.2 Å². The van der Waals surface area contributed by atoms with Gasteiger partial charge in [0.25, 0.3) is 0 Å². The van der Waals surface area contributed by atoms with Gasteiger partial charge >= 0.3 is 0 Å². The maximum atomic E-state index is 6.41. The highest BCUT2D eigenvalue weighted by molar-refractivity contribution is 6.44. The van der Waals surface area contributed by atoms with Gasteiger partial charge in [-0.2, -0.15) is 4.80 Å². The van der Waals surface area contributed by atoms with Gasteiger partial charge in [-0.25, -0.2) is 9.97 Å². The van der Waals surface area contributed by atoms with Gasteiger partial charge in [-0.1, -0.05) is 35.3 Å². The Morgan fingerprint density at radius 3 is 2.68 bits per heavy atom. The molecule has 1 atom stereocenters. The lowest BCUT2D eigenvalue weighted by molar-refractivity contribution is 0.219. The highest BCUT2D eigenvalue weighted by Gasteiger charge is 2.19. The van der Waals surface area contributed by atoms with E-state index in [9.17, 15) is 0 Å². The van der Waals surface area contributed by atoms with Crippen LogP contribution in [-0.4, -0.2) is 30.2 Å². The molecule has 0 bridgehead atoms. The highest BCUT2D eigenvalue weighted by Crippen LogP contribution is 2.40. The number of tetrazole rings is 1. The number of nitrogen functional groups attached to an aromatic ring is 1. The molecule has 0 aliphatic rings. The minimum absolute atomic E-state index is 0.291. The Morgan fingerprint density at radius 1 is 1.11 bits per heavy atom. The number of hydrogen-bond acceptors (Lipinski definition) is 7. The van der Waals surface area contributed by atoms with Crippen LogP contribution in [0.2, 0.25) is 10.0 Å². The zero-order chi connectivity index (χ0) is 19.8. The van der Waals surface area contributed by atoms with Crippen LogP contribution in [0.15, 0.2) is 36.7 Å². The topological polar surface area (TPSA) is 105 Å². The molecule has 10 heteroatoms. The SMILES string of the molecule is C[C@@H](Oc1ccc(-c2cccc(Cl)c2Cl)c2ncnc(N)c12)c1nnn(C)n1. The van der Waals surface area contributed by atoms with Crippen LogP contribution >= 0.6 is 23.2 Å². The molecule has 0 radical (unpaired) electrons. The lowest BCUT2D eigenvalue weighted by Crippen LogP contribution is -2.07. The zero-order valence-corrected chi connectivity index (χ0v) is 16.5. The molecule has 0 unspecified atom stereocenters. The van der Waals surface area contributed by atoms with E-state index in [4.69, 9.17) is 33.7 Å². The molecule has 0 aliphatic heterocycles. The molecule has 2 aromatic carbocycles. The number of halogens is 2. The molecular formula is C18H15Cl2N7O. The molecule has 2 N–H and O–H groups in total. The summed E-state index contributed by atoms with van der Waals surface area (Å²) in [5, 5.41) is 13.5. The first-order valence-electron chi connectivity index (χ1n) is 8.34. The van der Waals surface area contributed by atoms with Crippen LogP contribution in [0, 0.1) is 0 Å². The minimum atomic E-state index is -0.447. The largest absolute Gasteiger partial charge is 0.482 e. The third kappa shape index (κ3) is 3.21. The molecular weight excluding hydrogens is 401 g/mol. The second-order valence-electron chi connectivity index (χ2n) is 6.09. The Morgan fingerprint density at radius 2 is 1.93 bits per heavy atom. The van der Waals surface area contributed by atoms with E-state index in [-0.39, 0.29) is 0 Å². The van der Waals surface area contributed by atoms with Crippen molar-refractivity contribution in [3.05, 3.63) is 52.5 Å². The molecule has 0 aliphatic carbocycles. The Balaban J connectivity index is 1.85. The van der Waals surface area contributed by atoms with Crippen LogP contribution in [0.1, 0.15) is 18.9 Å². The monoisotopic (exact) mass is 415 g/mol. The summed E-state index contributed by atoms with van der Waals surface area (Å²) in [5.74, 6) is 1.25. The number of nitrogens with zero attached hydrogens (tertiary/aromatic N) is 6. The minimum Gasteiger partial charge on any atom is -0.482 e. The fourth-order valence-electron chi connectivity index (χ4n) is 2.90. The Labute approximate surface area is 170 Å². The quantitative estimate of drug-likeness (QED) is 0.539. The molecule has 0 saturated heterocycles. The predicted molar refractivity (Wildman–Crippen MR) is 107 cm³/mol. The molecule has 4 aromatic rings. The van der Waals surface area contributed by atoms with Crippen LogP contribution in [-0.2, 0) is 7.05 Å². The maximum absolute atomic E-state index is 6.41. The smallest absolute Gasteiger partial charge is 0.214 e. The number of anilines is 1. The fourth-order valence-corrected chi connectivity index (χ4v) is 3.30. The summed E-state index contributed by atoms with van der Waals surface area (Å²) in [6, 6.07) is 9.08. The number of nitrogens with two attached hydrogens (primary N) is 1. The van der Waals surface area contributed by atoms with E-state index in [1.54, 1.807) is 19.2 Å². The summed E-state index contributed by atoms with van der Waals surface area (Å²) in [6.45, 7) is 1.82. The number of rotatable bonds is 4. The van der Waals surface area contributed by atoms with Gasteiger partial charge in [-0.15, -0.1) is 10.2 Å². The molecule has 8 nitrogen and oxygen atoms in total. The molecule has 0 amide bonds. The molecule has 0 saturated carbocycles. The molecule has 2 aromatic heterocycles. The average Bonchev–Trinajstić information content (AvgIpc) is 3.11. The van der Waals surface area contributed by atoms with Crippen molar-refractivity contribution in [2.75, 3.05) is 5.73 Å². The fraction of sp³-hybridized carbons (Fsp3) is 0.167. The summed E-state index contributed by atoms with van der Waals surface area (Å²) in [4.78, 5) is 9.89. The van der Waals surface area contributed by atoms with Gasteiger partial charge in [0.2, 0.25) is 5.82 Å². The van der Waals surface area contributed by atoms with Crippen molar-refractivity contribution in [2.45, 2.75) is 13.0 Å². The molecule has 2 heterocycles. The highest BCUT2D eigenvalue weighted by atomic mass is 35.5. The number of hydrogen-bond donors (Lipinski definition) is 1. The number of benzene rings is 2. The first-order valence-corrected chi connectivity index (χ1v) is 9.09. The van der Waals surface area contributed by atoms with Gasteiger partial charge in [0.1, 0.15) is 17.9 Å². The third-order valence-corrected chi connectivity index (χ3v) is 5.03. The van der Waals surface area contributed by atoms with Crippen molar-refractivity contribution in [3.63, 3.8) is 0 Å². The van der Waals surface area contributed by atoms with Crippen molar-refractivity contribution in [1.29, 1.82) is 0 Å². The van der Waals surface area contributed by atoms with Gasteiger partial charge in [-0.3, -0.25) is 0 Å². The van der Waals surface area contributed by atoms with Crippen LogP contribution in [0.4, 0.5) is 5.82 Å². The van der Waals surface area contributed by atoms with E-state index in [0.717, 1.165) is 11.1 Å². The summed E-state index contributed by atoms with van der Waals surface area (Å²) in [7, 11) is 1.69. The molecule has 4 rings (SSSR count). The summed E-state index contributed by atoms with van der Waals surface area (Å²) < 4.78 is 6.06. The summed E-state index contributed by atoms with van der Waals surface area (Å²) >= 11 is 12.6. The van der Waals surface area contributed by atoms with Gasteiger partial charge in [0.15, 0.2) is 6.10 Å². The third-order valence-electron chi connectivity index (χ3n) is 4.21.